The number of ether oxygens (including phenoxy) is 1. The number of aromatic nitrogens is 3. The minimum atomic E-state index is -4.41. The molecule has 1 aliphatic heterocycles. The molecule has 0 radical (unpaired) electrons. The first-order chi connectivity index (χ1) is 16.3. The van der Waals surface area contributed by atoms with Crippen LogP contribution in [-0.2, 0) is 22.3 Å². The van der Waals surface area contributed by atoms with Crippen molar-refractivity contribution >= 4 is 17.6 Å². The molecule has 3 aromatic rings. The van der Waals surface area contributed by atoms with Gasteiger partial charge in [0.1, 0.15) is 0 Å². The van der Waals surface area contributed by atoms with Crippen LogP contribution >= 0.6 is 0 Å². The first-order valence-electron chi connectivity index (χ1n) is 10.6. The number of carbonyl (C=O) groups excluding carboxylic acids is 2. The summed E-state index contributed by atoms with van der Waals surface area (Å²) in [6.07, 6.45) is -2.96. The summed E-state index contributed by atoms with van der Waals surface area (Å²) in [4.78, 5) is 28.0. The lowest BCUT2D eigenvalue weighted by Crippen LogP contribution is -2.50. The van der Waals surface area contributed by atoms with Gasteiger partial charge in [0.05, 0.1) is 18.3 Å². The second-order valence-electron chi connectivity index (χ2n) is 7.78. The van der Waals surface area contributed by atoms with Crippen LogP contribution in [0, 0.1) is 0 Å². The van der Waals surface area contributed by atoms with Gasteiger partial charge < -0.3 is 14.5 Å². The number of halogens is 3. The van der Waals surface area contributed by atoms with E-state index in [-0.39, 0.29) is 11.6 Å². The summed E-state index contributed by atoms with van der Waals surface area (Å²) >= 11 is 0. The van der Waals surface area contributed by atoms with Gasteiger partial charge in [-0.1, -0.05) is 41.6 Å². The number of esters is 1. The Morgan fingerprint density at radius 1 is 0.971 bits per heavy atom. The Morgan fingerprint density at radius 3 is 2.41 bits per heavy atom. The molecule has 1 amide bonds. The summed E-state index contributed by atoms with van der Waals surface area (Å²) in [6, 6.07) is 14.6. The molecule has 1 aromatic heterocycles. The van der Waals surface area contributed by atoms with Crippen LogP contribution in [0.1, 0.15) is 21.6 Å². The van der Waals surface area contributed by atoms with Gasteiger partial charge in [-0.3, -0.25) is 4.79 Å². The molecule has 0 atom stereocenters. The molecular formula is C23H22F3N5O3. The smallest absolute Gasteiger partial charge is 0.416 e. The van der Waals surface area contributed by atoms with Crippen molar-refractivity contribution in [3.63, 3.8) is 0 Å². The molecule has 1 aliphatic rings. The highest BCUT2D eigenvalue weighted by Gasteiger charge is 2.31. The van der Waals surface area contributed by atoms with Crippen LogP contribution in [0.3, 0.4) is 0 Å². The van der Waals surface area contributed by atoms with E-state index in [1.807, 2.05) is 30.3 Å². The average Bonchev–Trinajstić information content (AvgIpc) is 3.31. The van der Waals surface area contributed by atoms with E-state index < -0.39 is 24.3 Å². The zero-order valence-electron chi connectivity index (χ0n) is 18.1. The Hall–Kier alpha value is -3.89. The molecule has 0 bridgehead atoms. The number of nitrogens with zero attached hydrogens (tertiary/aromatic N) is 5. The molecule has 8 nitrogen and oxygen atoms in total. The number of rotatable bonds is 6. The zero-order chi connectivity index (χ0) is 24.1. The fourth-order valence-electron chi connectivity index (χ4n) is 3.63. The number of carbonyl (C=O) groups is 2. The Bertz CT molecular complexity index is 1140. The quantitative estimate of drug-likeness (QED) is 0.513. The van der Waals surface area contributed by atoms with Gasteiger partial charge in [-0.15, -0.1) is 5.10 Å². The fraction of sp³-hybridized carbons (Fsp3) is 0.304. The fourth-order valence-corrected chi connectivity index (χ4v) is 3.63. The molecule has 2 heterocycles. The topological polar surface area (TPSA) is 80.6 Å². The van der Waals surface area contributed by atoms with E-state index in [0.29, 0.717) is 38.4 Å². The third kappa shape index (κ3) is 5.72. The zero-order valence-corrected chi connectivity index (χ0v) is 18.1. The van der Waals surface area contributed by atoms with Crippen molar-refractivity contribution in [2.24, 2.45) is 0 Å². The van der Waals surface area contributed by atoms with E-state index in [0.717, 1.165) is 17.7 Å². The monoisotopic (exact) mass is 473 g/mol. The molecule has 0 unspecified atom stereocenters. The lowest BCUT2D eigenvalue weighted by atomic mass is 10.1. The normalized spacial score (nSPS) is 14.2. The van der Waals surface area contributed by atoms with Gasteiger partial charge in [-0.2, -0.15) is 13.2 Å². The summed E-state index contributed by atoms with van der Waals surface area (Å²) in [7, 11) is 0. The van der Waals surface area contributed by atoms with Crippen LogP contribution in [0.2, 0.25) is 0 Å². The van der Waals surface area contributed by atoms with Gasteiger partial charge in [-0.25, -0.2) is 9.48 Å². The maximum atomic E-state index is 13.0. The number of piperazine rings is 1. The Balaban J connectivity index is 1.25. The molecule has 178 valence electrons. The van der Waals surface area contributed by atoms with Crippen LogP contribution in [0.5, 0.6) is 0 Å². The second-order valence-corrected chi connectivity index (χ2v) is 7.78. The molecule has 0 spiro atoms. The molecule has 0 saturated carbocycles. The molecule has 11 heteroatoms. The molecule has 1 fully saturated rings. The molecule has 0 aliphatic carbocycles. The molecule has 2 aromatic carbocycles. The van der Waals surface area contributed by atoms with Crippen LogP contribution in [0.25, 0.3) is 0 Å². The maximum Gasteiger partial charge on any atom is 0.416 e. The Morgan fingerprint density at radius 2 is 1.71 bits per heavy atom. The van der Waals surface area contributed by atoms with E-state index in [1.54, 1.807) is 11.0 Å². The van der Waals surface area contributed by atoms with Crippen molar-refractivity contribution in [1.29, 1.82) is 0 Å². The number of hydrogen-bond acceptors (Lipinski definition) is 6. The summed E-state index contributed by atoms with van der Waals surface area (Å²) < 4.78 is 45.4. The van der Waals surface area contributed by atoms with Gasteiger partial charge in [0.2, 0.25) is 0 Å². The van der Waals surface area contributed by atoms with Gasteiger partial charge in [0, 0.05) is 31.9 Å². The summed E-state index contributed by atoms with van der Waals surface area (Å²) in [5.41, 5.74) is 0.730. The van der Waals surface area contributed by atoms with Gasteiger partial charge >= 0.3 is 12.1 Å². The third-order valence-corrected chi connectivity index (χ3v) is 5.43. The van der Waals surface area contributed by atoms with Crippen LogP contribution in [0.4, 0.5) is 18.9 Å². The minimum absolute atomic E-state index is 0.00176. The van der Waals surface area contributed by atoms with Crippen molar-refractivity contribution in [1.82, 2.24) is 19.9 Å². The summed E-state index contributed by atoms with van der Waals surface area (Å²) in [5, 5.41) is 7.70. The van der Waals surface area contributed by atoms with E-state index >= 15 is 0 Å². The molecule has 0 N–H and O–H groups in total. The van der Waals surface area contributed by atoms with E-state index in [2.05, 4.69) is 10.3 Å². The lowest BCUT2D eigenvalue weighted by molar-refractivity contribution is -0.137. The van der Waals surface area contributed by atoms with Crippen molar-refractivity contribution in [3.8, 4) is 0 Å². The average molecular weight is 473 g/mol. The van der Waals surface area contributed by atoms with Gasteiger partial charge in [0.15, 0.2) is 12.3 Å². The van der Waals surface area contributed by atoms with Crippen molar-refractivity contribution < 1.29 is 27.5 Å². The van der Waals surface area contributed by atoms with Crippen molar-refractivity contribution in [3.05, 3.63) is 77.6 Å². The predicted octanol–water partition coefficient (Wildman–Crippen LogP) is 2.85. The number of hydrogen-bond donors (Lipinski definition) is 0. The number of benzene rings is 2. The first-order valence-corrected chi connectivity index (χ1v) is 10.6. The first kappa shape index (κ1) is 23.3. The maximum absolute atomic E-state index is 13.0. The molecule has 4 rings (SSSR count). The SMILES string of the molecule is O=C(OCC(=O)N1CCN(c2cccc(C(F)(F)F)c2)CC1)c1cn(Cc2ccccc2)nn1. The van der Waals surface area contributed by atoms with Crippen LogP contribution < -0.4 is 4.90 Å². The Kier molecular flexibility index (Phi) is 6.80. The van der Waals surface area contributed by atoms with Crippen molar-refractivity contribution in [2.45, 2.75) is 12.7 Å². The highest BCUT2D eigenvalue weighted by Crippen LogP contribution is 2.31. The molecule has 1 saturated heterocycles. The summed E-state index contributed by atoms with van der Waals surface area (Å²) in [5.74, 6) is -1.14. The number of alkyl halides is 3. The predicted molar refractivity (Wildman–Crippen MR) is 116 cm³/mol. The molecular weight excluding hydrogens is 451 g/mol. The number of amides is 1. The van der Waals surface area contributed by atoms with E-state index in [1.165, 1.54) is 21.8 Å². The van der Waals surface area contributed by atoms with Gasteiger partial charge in [-0.05, 0) is 23.8 Å². The number of anilines is 1. The van der Waals surface area contributed by atoms with Crippen LogP contribution in [0.15, 0.2) is 60.8 Å². The third-order valence-electron chi connectivity index (χ3n) is 5.43. The van der Waals surface area contributed by atoms with Crippen molar-refractivity contribution in [2.75, 3.05) is 37.7 Å². The molecule has 34 heavy (non-hydrogen) atoms. The van der Waals surface area contributed by atoms with Crippen LogP contribution in [-0.4, -0.2) is 64.6 Å². The largest absolute Gasteiger partial charge is 0.451 e. The van der Waals surface area contributed by atoms with E-state index in [9.17, 15) is 22.8 Å². The standard InChI is InChI=1S/C23H22F3N5O3/c24-23(25,26)18-7-4-8-19(13-18)29-9-11-30(12-10-29)21(32)16-34-22(33)20-15-31(28-27-20)14-17-5-2-1-3-6-17/h1-8,13,15H,9-12,14,16H2. The highest BCUT2D eigenvalue weighted by atomic mass is 19.4. The second kappa shape index (κ2) is 9.94. The summed E-state index contributed by atoms with van der Waals surface area (Å²) in [6.45, 7) is 1.34. The van der Waals surface area contributed by atoms with Gasteiger partial charge in [0.25, 0.3) is 5.91 Å². The highest BCUT2D eigenvalue weighted by molar-refractivity contribution is 5.89. The Labute approximate surface area is 193 Å². The minimum Gasteiger partial charge on any atom is -0.451 e. The van der Waals surface area contributed by atoms with E-state index in [4.69, 9.17) is 4.74 Å². The lowest BCUT2D eigenvalue weighted by Gasteiger charge is -2.36.